The van der Waals surface area contributed by atoms with E-state index in [1.807, 2.05) is 49.4 Å². The summed E-state index contributed by atoms with van der Waals surface area (Å²) in [6.07, 6.45) is 2.72. The maximum Gasteiger partial charge on any atom is 0.328 e. The Morgan fingerprint density at radius 2 is 2.05 bits per heavy atom. The van der Waals surface area contributed by atoms with Gasteiger partial charge in [-0.05, 0) is 48.4 Å². The van der Waals surface area contributed by atoms with Crippen LogP contribution in [0.2, 0.25) is 0 Å². The predicted molar refractivity (Wildman–Crippen MR) is 80.3 cm³/mol. The van der Waals surface area contributed by atoms with Crippen molar-refractivity contribution in [2.24, 2.45) is 0 Å². The molecule has 5 heteroatoms. The number of rotatable bonds is 3. The number of fused-ring (bicyclic) bond motifs is 1. The average molecular weight is 279 g/mol. The summed E-state index contributed by atoms with van der Waals surface area (Å²) in [6.45, 7) is 1.93. The second kappa shape index (κ2) is 5.20. The molecule has 0 saturated carbocycles. The number of carboxylic acid groups (broad SMARTS) is 1. The van der Waals surface area contributed by atoms with Crippen molar-refractivity contribution in [1.82, 2.24) is 15.0 Å². The molecule has 0 aliphatic heterocycles. The lowest BCUT2D eigenvalue weighted by molar-refractivity contribution is -0.131. The highest BCUT2D eigenvalue weighted by Gasteiger charge is 2.06. The van der Waals surface area contributed by atoms with Crippen LogP contribution in [-0.4, -0.2) is 26.1 Å². The first kappa shape index (κ1) is 13.1. The molecule has 0 aliphatic rings. The molecule has 0 spiro atoms. The van der Waals surface area contributed by atoms with Crippen molar-refractivity contribution in [2.45, 2.75) is 6.92 Å². The molecule has 1 heterocycles. The van der Waals surface area contributed by atoms with E-state index >= 15 is 0 Å². The second-order valence-corrected chi connectivity index (χ2v) is 4.70. The molecule has 0 amide bonds. The molecule has 0 radical (unpaired) electrons. The number of carbonyl (C=O) groups is 1. The summed E-state index contributed by atoms with van der Waals surface area (Å²) in [4.78, 5) is 10.6. The molecular formula is C16H13N3O2. The molecule has 3 aromatic rings. The van der Waals surface area contributed by atoms with E-state index in [1.54, 1.807) is 10.8 Å². The van der Waals surface area contributed by atoms with Gasteiger partial charge in [0.1, 0.15) is 5.52 Å². The molecule has 1 aromatic heterocycles. The fourth-order valence-corrected chi connectivity index (χ4v) is 2.20. The van der Waals surface area contributed by atoms with Crippen molar-refractivity contribution in [3.63, 3.8) is 0 Å². The van der Waals surface area contributed by atoms with Gasteiger partial charge in [-0.25, -0.2) is 9.48 Å². The standard InChI is InChI=1S/C16H13N3O2/c1-11-10-13(8-6-12(11)7-9-16(20)21)19-15-5-3-2-4-14(15)17-18-19/h2-10H,1H3,(H,20,21). The zero-order valence-corrected chi connectivity index (χ0v) is 11.4. The van der Waals surface area contributed by atoms with Crippen LogP contribution in [0.1, 0.15) is 11.1 Å². The van der Waals surface area contributed by atoms with Crippen LogP contribution in [0.25, 0.3) is 22.8 Å². The number of para-hydroxylation sites is 1. The second-order valence-electron chi connectivity index (χ2n) is 4.70. The van der Waals surface area contributed by atoms with Gasteiger partial charge in [0.15, 0.2) is 0 Å². The minimum Gasteiger partial charge on any atom is -0.478 e. The third-order valence-electron chi connectivity index (χ3n) is 3.26. The number of aryl methyl sites for hydroxylation is 1. The first-order chi connectivity index (χ1) is 10.1. The Kier molecular flexibility index (Phi) is 3.23. The van der Waals surface area contributed by atoms with Crippen molar-refractivity contribution in [3.8, 4) is 5.69 Å². The van der Waals surface area contributed by atoms with Gasteiger partial charge in [-0.15, -0.1) is 5.10 Å². The van der Waals surface area contributed by atoms with E-state index in [1.165, 1.54) is 0 Å². The van der Waals surface area contributed by atoms with E-state index in [2.05, 4.69) is 10.3 Å². The molecule has 21 heavy (non-hydrogen) atoms. The summed E-state index contributed by atoms with van der Waals surface area (Å²) in [5, 5.41) is 17.0. The molecule has 5 nitrogen and oxygen atoms in total. The first-order valence-electron chi connectivity index (χ1n) is 6.47. The van der Waals surface area contributed by atoms with Gasteiger partial charge in [0.2, 0.25) is 0 Å². The van der Waals surface area contributed by atoms with Gasteiger partial charge in [0.05, 0.1) is 11.2 Å². The quantitative estimate of drug-likeness (QED) is 0.748. The number of benzene rings is 2. The van der Waals surface area contributed by atoms with Crippen LogP contribution in [0.5, 0.6) is 0 Å². The molecule has 104 valence electrons. The van der Waals surface area contributed by atoms with E-state index in [9.17, 15) is 4.79 Å². The number of aromatic nitrogens is 3. The van der Waals surface area contributed by atoms with Gasteiger partial charge >= 0.3 is 5.97 Å². The lowest BCUT2D eigenvalue weighted by atomic mass is 10.1. The highest BCUT2D eigenvalue weighted by molar-refractivity contribution is 5.85. The highest BCUT2D eigenvalue weighted by Crippen LogP contribution is 2.19. The van der Waals surface area contributed by atoms with Crippen LogP contribution in [-0.2, 0) is 4.79 Å². The maximum atomic E-state index is 10.6. The van der Waals surface area contributed by atoms with Gasteiger partial charge < -0.3 is 5.11 Å². The van der Waals surface area contributed by atoms with Gasteiger partial charge in [-0.3, -0.25) is 0 Å². The number of nitrogens with zero attached hydrogens (tertiary/aromatic N) is 3. The Morgan fingerprint density at radius 1 is 1.24 bits per heavy atom. The van der Waals surface area contributed by atoms with Crippen molar-refractivity contribution < 1.29 is 9.90 Å². The number of hydrogen-bond donors (Lipinski definition) is 1. The summed E-state index contributed by atoms with van der Waals surface area (Å²) in [5.41, 5.74) is 4.51. The summed E-state index contributed by atoms with van der Waals surface area (Å²) in [6, 6.07) is 13.5. The van der Waals surface area contributed by atoms with Gasteiger partial charge in [-0.2, -0.15) is 0 Å². The number of carboxylic acids is 1. The van der Waals surface area contributed by atoms with Crippen molar-refractivity contribution in [3.05, 3.63) is 59.7 Å². The van der Waals surface area contributed by atoms with Crippen molar-refractivity contribution in [1.29, 1.82) is 0 Å². The molecule has 0 fully saturated rings. The summed E-state index contributed by atoms with van der Waals surface area (Å²) >= 11 is 0. The molecule has 0 bridgehead atoms. The Hall–Kier alpha value is -2.95. The highest BCUT2D eigenvalue weighted by atomic mass is 16.4. The summed E-state index contributed by atoms with van der Waals surface area (Å²) in [5.74, 6) is -0.958. The number of aliphatic carboxylic acids is 1. The lowest BCUT2D eigenvalue weighted by Gasteiger charge is -2.06. The molecule has 3 rings (SSSR count). The van der Waals surface area contributed by atoms with Crippen LogP contribution < -0.4 is 0 Å². The smallest absolute Gasteiger partial charge is 0.328 e. The SMILES string of the molecule is Cc1cc(-n2nnc3ccccc32)ccc1C=CC(=O)O. The average Bonchev–Trinajstić information content (AvgIpc) is 2.89. The Morgan fingerprint density at radius 3 is 2.81 bits per heavy atom. The third-order valence-corrected chi connectivity index (χ3v) is 3.26. The topological polar surface area (TPSA) is 68.0 Å². The van der Waals surface area contributed by atoms with Crippen LogP contribution in [0, 0.1) is 6.92 Å². The molecule has 0 aliphatic carbocycles. The Bertz CT molecular complexity index is 850. The fraction of sp³-hybridized carbons (Fsp3) is 0.0625. The largest absolute Gasteiger partial charge is 0.478 e. The van der Waals surface area contributed by atoms with E-state index in [0.717, 1.165) is 33.9 Å². The molecule has 1 N–H and O–H groups in total. The predicted octanol–water partition coefficient (Wildman–Crippen LogP) is 2.83. The van der Waals surface area contributed by atoms with Crippen LogP contribution in [0.15, 0.2) is 48.5 Å². The van der Waals surface area contributed by atoms with Crippen molar-refractivity contribution in [2.75, 3.05) is 0 Å². The van der Waals surface area contributed by atoms with E-state index < -0.39 is 5.97 Å². The zero-order valence-electron chi connectivity index (χ0n) is 11.4. The molecular weight excluding hydrogens is 266 g/mol. The lowest BCUT2D eigenvalue weighted by Crippen LogP contribution is -1.97. The van der Waals surface area contributed by atoms with E-state index in [4.69, 9.17) is 5.11 Å². The molecule has 2 aromatic carbocycles. The Balaban J connectivity index is 2.04. The normalized spacial score (nSPS) is 11.3. The van der Waals surface area contributed by atoms with E-state index in [0.29, 0.717) is 0 Å². The first-order valence-corrected chi connectivity index (χ1v) is 6.47. The monoisotopic (exact) mass is 279 g/mol. The molecule has 0 unspecified atom stereocenters. The summed E-state index contributed by atoms with van der Waals surface area (Å²) < 4.78 is 1.77. The number of hydrogen-bond acceptors (Lipinski definition) is 3. The van der Waals surface area contributed by atoms with Gasteiger partial charge in [0, 0.05) is 6.08 Å². The van der Waals surface area contributed by atoms with Crippen LogP contribution in [0.3, 0.4) is 0 Å². The molecule has 0 saturated heterocycles. The minimum atomic E-state index is -0.958. The van der Waals surface area contributed by atoms with Crippen molar-refractivity contribution >= 4 is 23.1 Å². The van der Waals surface area contributed by atoms with Gasteiger partial charge in [0.25, 0.3) is 0 Å². The fourth-order valence-electron chi connectivity index (χ4n) is 2.20. The maximum absolute atomic E-state index is 10.6. The van der Waals surface area contributed by atoms with Crippen LogP contribution >= 0.6 is 0 Å². The zero-order chi connectivity index (χ0) is 14.8. The summed E-state index contributed by atoms with van der Waals surface area (Å²) in [7, 11) is 0. The van der Waals surface area contributed by atoms with E-state index in [-0.39, 0.29) is 0 Å². The third kappa shape index (κ3) is 2.53. The molecule has 0 atom stereocenters. The Labute approximate surface area is 121 Å². The van der Waals surface area contributed by atoms with Gasteiger partial charge in [-0.1, -0.05) is 23.4 Å². The minimum absolute atomic E-state index is 0.838. The van der Waals surface area contributed by atoms with Crippen LogP contribution in [0.4, 0.5) is 0 Å².